The Morgan fingerprint density at radius 1 is 1.37 bits per heavy atom. The standard InChI is InChI=1S/C15H14BrNOS/c16-11-5-10(7-17-8-11)6-14(18)13-9-19-15-4-2-1-3-12(13)15/h1-5,7-8,13-14,18H,6,9H2. The van der Waals surface area contributed by atoms with Crippen molar-refractivity contribution in [1.82, 2.24) is 4.98 Å². The molecule has 1 N–H and O–H groups in total. The monoisotopic (exact) mass is 335 g/mol. The van der Waals surface area contributed by atoms with E-state index in [2.05, 4.69) is 39.1 Å². The maximum Gasteiger partial charge on any atom is 0.0658 e. The van der Waals surface area contributed by atoms with Gasteiger partial charge in [-0.2, -0.15) is 0 Å². The summed E-state index contributed by atoms with van der Waals surface area (Å²) in [5, 5.41) is 10.5. The first kappa shape index (κ1) is 13.2. The smallest absolute Gasteiger partial charge is 0.0658 e. The first-order valence-electron chi connectivity index (χ1n) is 6.23. The molecule has 2 atom stereocenters. The van der Waals surface area contributed by atoms with Crippen LogP contribution in [0.15, 0.2) is 52.1 Å². The van der Waals surface area contributed by atoms with Crippen molar-refractivity contribution >= 4 is 27.7 Å². The van der Waals surface area contributed by atoms with Crippen molar-refractivity contribution in [2.24, 2.45) is 0 Å². The predicted molar refractivity (Wildman–Crippen MR) is 81.6 cm³/mol. The zero-order valence-corrected chi connectivity index (χ0v) is 12.7. The number of rotatable bonds is 3. The highest BCUT2D eigenvalue weighted by atomic mass is 79.9. The van der Waals surface area contributed by atoms with E-state index in [1.807, 2.05) is 30.1 Å². The summed E-state index contributed by atoms with van der Waals surface area (Å²) in [5.74, 6) is 1.18. The lowest BCUT2D eigenvalue weighted by Crippen LogP contribution is -2.21. The normalized spacial score (nSPS) is 19.2. The van der Waals surface area contributed by atoms with E-state index < -0.39 is 0 Å². The third-order valence-electron chi connectivity index (χ3n) is 3.41. The molecule has 0 bridgehead atoms. The summed E-state index contributed by atoms with van der Waals surface area (Å²) in [7, 11) is 0. The van der Waals surface area contributed by atoms with Crippen LogP contribution in [0.2, 0.25) is 0 Å². The van der Waals surface area contributed by atoms with Gasteiger partial charge in [0.05, 0.1) is 6.10 Å². The Bertz CT molecular complexity index is 590. The molecule has 0 aliphatic carbocycles. The molecule has 2 nitrogen and oxygen atoms in total. The zero-order valence-electron chi connectivity index (χ0n) is 10.3. The Hall–Kier alpha value is -0.840. The van der Waals surface area contributed by atoms with Gasteiger partial charge in [-0.25, -0.2) is 0 Å². The van der Waals surface area contributed by atoms with Gasteiger partial charge in [0.15, 0.2) is 0 Å². The van der Waals surface area contributed by atoms with E-state index in [1.54, 1.807) is 6.20 Å². The molecular formula is C15H14BrNOS. The van der Waals surface area contributed by atoms with Crippen LogP contribution in [-0.2, 0) is 6.42 Å². The molecule has 3 rings (SSSR count). The first-order valence-corrected chi connectivity index (χ1v) is 8.01. The SMILES string of the molecule is OC(Cc1cncc(Br)c1)C1CSc2ccccc21. The number of benzene rings is 1. The molecule has 2 unspecified atom stereocenters. The van der Waals surface area contributed by atoms with Crippen LogP contribution in [0.4, 0.5) is 0 Å². The van der Waals surface area contributed by atoms with Gasteiger partial charge in [0.1, 0.15) is 0 Å². The summed E-state index contributed by atoms with van der Waals surface area (Å²) in [6, 6.07) is 10.4. The summed E-state index contributed by atoms with van der Waals surface area (Å²) in [5.41, 5.74) is 2.35. The number of aliphatic hydroxyl groups excluding tert-OH is 1. The van der Waals surface area contributed by atoms with Gasteiger partial charge >= 0.3 is 0 Å². The lowest BCUT2D eigenvalue weighted by atomic mass is 9.92. The summed E-state index contributed by atoms with van der Waals surface area (Å²) in [4.78, 5) is 5.45. The minimum Gasteiger partial charge on any atom is -0.392 e. The summed E-state index contributed by atoms with van der Waals surface area (Å²) in [6.07, 6.45) is 3.87. The average Bonchev–Trinajstić information content (AvgIpc) is 2.82. The van der Waals surface area contributed by atoms with Crippen molar-refractivity contribution in [3.63, 3.8) is 0 Å². The van der Waals surface area contributed by atoms with Gasteiger partial charge in [0, 0.05) is 39.9 Å². The van der Waals surface area contributed by atoms with Crippen LogP contribution in [0, 0.1) is 0 Å². The number of thioether (sulfide) groups is 1. The van der Waals surface area contributed by atoms with Crippen molar-refractivity contribution in [3.8, 4) is 0 Å². The van der Waals surface area contributed by atoms with E-state index >= 15 is 0 Å². The van der Waals surface area contributed by atoms with Crippen LogP contribution < -0.4 is 0 Å². The molecule has 4 heteroatoms. The number of halogens is 1. The van der Waals surface area contributed by atoms with E-state index in [1.165, 1.54) is 10.5 Å². The molecule has 98 valence electrons. The number of aliphatic hydroxyl groups is 1. The zero-order chi connectivity index (χ0) is 13.2. The van der Waals surface area contributed by atoms with E-state index in [9.17, 15) is 5.11 Å². The second kappa shape index (κ2) is 5.65. The van der Waals surface area contributed by atoms with Crippen LogP contribution in [0.1, 0.15) is 17.0 Å². The second-order valence-electron chi connectivity index (χ2n) is 4.74. The van der Waals surface area contributed by atoms with Crippen LogP contribution in [-0.4, -0.2) is 21.9 Å². The average molecular weight is 336 g/mol. The maximum absolute atomic E-state index is 10.5. The number of hydrogen-bond acceptors (Lipinski definition) is 3. The first-order chi connectivity index (χ1) is 9.24. The second-order valence-corrected chi connectivity index (χ2v) is 6.72. The molecule has 1 aliphatic rings. The minimum absolute atomic E-state index is 0.222. The Labute approximate surface area is 125 Å². The third-order valence-corrected chi connectivity index (χ3v) is 5.05. The highest BCUT2D eigenvalue weighted by Crippen LogP contribution is 2.41. The number of fused-ring (bicyclic) bond motifs is 1. The van der Waals surface area contributed by atoms with Gasteiger partial charge in [-0.1, -0.05) is 18.2 Å². The molecule has 19 heavy (non-hydrogen) atoms. The molecule has 0 fully saturated rings. The fourth-order valence-corrected chi connectivity index (χ4v) is 4.19. The van der Waals surface area contributed by atoms with Gasteiger partial charge in [-0.05, 0) is 39.2 Å². The van der Waals surface area contributed by atoms with Crippen molar-refractivity contribution in [1.29, 1.82) is 0 Å². The van der Waals surface area contributed by atoms with Crippen LogP contribution >= 0.6 is 27.7 Å². The fraction of sp³-hybridized carbons (Fsp3) is 0.267. The molecular weight excluding hydrogens is 322 g/mol. The Balaban J connectivity index is 1.77. The molecule has 0 saturated carbocycles. The molecule has 1 aromatic carbocycles. The van der Waals surface area contributed by atoms with Gasteiger partial charge in [0.25, 0.3) is 0 Å². The third kappa shape index (κ3) is 2.86. The van der Waals surface area contributed by atoms with Crippen LogP contribution in [0.5, 0.6) is 0 Å². The predicted octanol–water partition coefficient (Wildman–Crippen LogP) is 3.64. The largest absolute Gasteiger partial charge is 0.392 e. The lowest BCUT2D eigenvalue weighted by molar-refractivity contribution is 0.151. The van der Waals surface area contributed by atoms with Gasteiger partial charge in [0.2, 0.25) is 0 Å². The number of hydrogen-bond donors (Lipinski definition) is 1. The van der Waals surface area contributed by atoms with Crippen molar-refractivity contribution in [2.45, 2.75) is 23.3 Å². The molecule has 0 saturated heterocycles. The lowest BCUT2D eigenvalue weighted by Gasteiger charge is -2.18. The molecule has 0 radical (unpaired) electrons. The van der Waals surface area contributed by atoms with Gasteiger partial charge in [-0.15, -0.1) is 11.8 Å². The van der Waals surface area contributed by atoms with Crippen molar-refractivity contribution < 1.29 is 5.11 Å². The Morgan fingerprint density at radius 3 is 3.05 bits per heavy atom. The summed E-state index contributed by atoms with van der Waals surface area (Å²) < 4.78 is 0.957. The highest BCUT2D eigenvalue weighted by molar-refractivity contribution is 9.10. The fourth-order valence-electron chi connectivity index (χ4n) is 2.46. The van der Waals surface area contributed by atoms with E-state index in [0.717, 1.165) is 15.8 Å². The quantitative estimate of drug-likeness (QED) is 0.929. The van der Waals surface area contributed by atoms with E-state index in [-0.39, 0.29) is 12.0 Å². The molecule has 2 heterocycles. The number of aromatic nitrogens is 1. The van der Waals surface area contributed by atoms with Crippen LogP contribution in [0.25, 0.3) is 0 Å². The minimum atomic E-state index is -0.354. The van der Waals surface area contributed by atoms with E-state index in [0.29, 0.717) is 6.42 Å². The molecule has 0 spiro atoms. The Morgan fingerprint density at radius 2 is 2.21 bits per heavy atom. The summed E-state index contributed by atoms with van der Waals surface area (Å²) >= 11 is 5.25. The van der Waals surface area contributed by atoms with Crippen molar-refractivity contribution in [2.75, 3.05) is 5.75 Å². The topological polar surface area (TPSA) is 33.1 Å². The molecule has 2 aromatic rings. The molecule has 1 aromatic heterocycles. The Kier molecular flexibility index (Phi) is 3.91. The van der Waals surface area contributed by atoms with Crippen LogP contribution in [0.3, 0.4) is 0 Å². The number of nitrogens with zero attached hydrogens (tertiary/aromatic N) is 1. The van der Waals surface area contributed by atoms with Gasteiger partial charge < -0.3 is 5.11 Å². The van der Waals surface area contributed by atoms with Crippen molar-refractivity contribution in [3.05, 3.63) is 58.3 Å². The number of pyridine rings is 1. The van der Waals surface area contributed by atoms with E-state index in [4.69, 9.17) is 0 Å². The highest BCUT2D eigenvalue weighted by Gasteiger charge is 2.29. The molecule has 1 aliphatic heterocycles. The molecule has 0 amide bonds. The van der Waals surface area contributed by atoms with Gasteiger partial charge in [-0.3, -0.25) is 4.98 Å². The maximum atomic E-state index is 10.5. The summed E-state index contributed by atoms with van der Waals surface area (Å²) in [6.45, 7) is 0.